The van der Waals surface area contributed by atoms with Crippen molar-refractivity contribution in [3.63, 3.8) is 0 Å². The van der Waals surface area contributed by atoms with E-state index >= 15 is 0 Å². The van der Waals surface area contributed by atoms with Crippen molar-refractivity contribution in [1.29, 1.82) is 5.26 Å². The monoisotopic (exact) mass is 164 g/mol. The van der Waals surface area contributed by atoms with E-state index in [1.807, 2.05) is 6.07 Å². The Kier molecular flexibility index (Phi) is 2.53. The van der Waals surface area contributed by atoms with E-state index in [1.54, 1.807) is 24.3 Å². The van der Waals surface area contributed by atoms with Crippen LogP contribution < -0.4 is 0 Å². The van der Waals surface area contributed by atoms with Crippen molar-refractivity contribution in [3.05, 3.63) is 29.8 Å². The van der Waals surface area contributed by atoms with Crippen molar-refractivity contribution in [2.45, 2.75) is 0 Å². The van der Waals surface area contributed by atoms with Gasteiger partial charge in [-0.2, -0.15) is 13.8 Å². The third-order valence-electron chi connectivity index (χ3n) is 1.16. The largest absolute Gasteiger partial charge is 0.205 e. The molecule has 0 fully saturated rings. The molecule has 3 nitrogen and oxygen atoms in total. The summed E-state index contributed by atoms with van der Waals surface area (Å²) in [5, 5.41) is 8.52. The molecular formula is C7H4N2OS. The molecule has 0 heterocycles. The van der Waals surface area contributed by atoms with Crippen molar-refractivity contribution in [2.75, 3.05) is 0 Å². The lowest BCUT2D eigenvalue weighted by molar-refractivity contribution is 0.698. The molecule has 0 radical (unpaired) electrons. The van der Waals surface area contributed by atoms with Gasteiger partial charge in [-0.3, -0.25) is 0 Å². The lowest BCUT2D eigenvalue weighted by Crippen LogP contribution is -1.72. The van der Waals surface area contributed by atoms with Crippen LogP contribution in [0.1, 0.15) is 5.56 Å². The first-order chi connectivity index (χ1) is 5.38. The number of benzene rings is 1. The summed E-state index contributed by atoms with van der Waals surface area (Å²) < 4.78 is 13.5. The van der Waals surface area contributed by atoms with E-state index in [1.165, 1.54) is 0 Å². The summed E-state index contributed by atoms with van der Waals surface area (Å²) in [5.41, 5.74) is 0.867. The van der Waals surface area contributed by atoms with Gasteiger partial charge in [-0.25, -0.2) is 0 Å². The fourth-order valence-corrected chi connectivity index (χ4v) is 0.927. The van der Waals surface area contributed by atoms with Gasteiger partial charge in [0.1, 0.15) is 6.07 Å². The molecule has 0 aliphatic heterocycles. The number of nitriles is 1. The van der Waals surface area contributed by atoms with E-state index in [0.29, 0.717) is 11.3 Å². The van der Waals surface area contributed by atoms with Gasteiger partial charge in [-0.15, -0.1) is 0 Å². The van der Waals surface area contributed by atoms with E-state index in [4.69, 9.17) is 5.26 Å². The Morgan fingerprint density at radius 1 is 1.45 bits per heavy atom. The van der Waals surface area contributed by atoms with Crippen molar-refractivity contribution < 1.29 is 4.21 Å². The first-order valence-corrected chi connectivity index (χ1v) is 3.57. The van der Waals surface area contributed by atoms with Gasteiger partial charge in [-0.1, -0.05) is 12.1 Å². The Morgan fingerprint density at radius 2 is 2.18 bits per heavy atom. The van der Waals surface area contributed by atoms with Gasteiger partial charge in [0, 0.05) is 0 Å². The highest BCUT2D eigenvalue weighted by Crippen LogP contribution is 2.16. The Bertz CT molecular complexity index is 350. The Balaban J connectivity index is 3.25. The zero-order valence-corrected chi connectivity index (χ0v) is 6.34. The minimum atomic E-state index is 0.108. The lowest BCUT2D eigenvalue weighted by atomic mass is 10.2. The van der Waals surface area contributed by atoms with Gasteiger partial charge in [0.25, 0.3) is 0 Å². The summed E-state index contributed by atoms with van der Waals surface area (Å²) in [6.45, 7) is 0. The van der Waals surface area contributed by atoms with E-state index in [9.17, 15) is 4.21 Å². The van der Waals surface area contributed by atoms with E-state index in [-0.39, 0.29) is 11.5 Å². The zero-order chi connectivity index (χ0) is 8.10. The van der Waals surface area contributed by atoms with Crippen LogP contribution in [-0.4, -0.2) is 4.21 Å². The molecule has 0 atom stereocenters. The van der Waals surface area contributed by atoms with Crippen molar-refractivity contribution in [1.82, 2.24) is 0 Å². The molecule has 1 aromatic carbocycles. The van der Waals surface area contributed by atoms with Gasteiger partial charge in [0.05, 0.1) is 11.3 Å². The Hall–Kier alpha value is -1.47. The van der Waals surface area contributed by atoms with Gasteiger partial charge < -0.3 is 0 Å². The highest BCUT2D eigenvalue weighted by atomic mass is 32.1. The molecule has 0 bridgehead atoms. The molecule has 54 valence electrons. The summed E-state index contributed by atoms with van der Waals surface area (Å²) >= 11 is 0.108. The van der Waals surface area contributed by atoms with Crippen LogP contribution in [0.2, 0.25) is 0 Å². The van der Waals surface area contributed by atoms with Crippen LogP contribution in [-0.2, 0) is 11.5 Å². The quantitative estimate of drug-likeness (QED) is 0.632. The number of hydrogen-bond acceptors (Lipinski definition) is 3. The van der Waals surface area contributed by atoms with Crippen LogP contribution in [0.5, 0.6) is 0 Å². The molecule has 0 unspecified atom stereocenters. The second kappa shape index (κ2) is 3.64. The Morgan fingerprint density at radius 3 is 2.82 bits per heavy atom. The van der Waals surface area contributed by atoms with Crippen LogP contribution >= 0.6 is 0 Å². The summed E-state index contributed by atoms with van der Waals surface area (Å²) in [6.07, 6.45) is 0. The van der Waals surface area contributed by atoms with Crippen LogP contribution in [0.4, 0.5) is 5.69 Å². The van der Waals surface area contributed by atoms with Crippen molar-refractivity contribution in [2.24, 2.45) is 4.36 Å². The molecule has 4 heteroatoms. The van der Waals surface area contributed by atoms with E-state index in [0.717, 1.165) is 0 Å². The predicted molar refractivity (Wildman–Crippen MR) is 41.4 cm³/mol. The number of nitrogens with zero attached hydrogens (tertiary/aromatic N) is 2. The highest BCUT2D eigenvalue weighted by molar-refractivity contribution is 7.54. The van der Waals surface area contributed by atoms with Crippen molar-refractivity contribution >= 4 is 17.2 Å². The highest BCUT2D eigenvalue weighted by Gasteiger charge is 1.95. The predicted octanol–water partition coefficient (Wildman–Crippen LogP) is 1.59. The fraction of sp³-hybridized carbons (Fsp3) is 0. The third kappa shape index (κ3) is 1.72. The minimum absolute atomic E-state index is 0.108. The second-order valence-electron chi connectivity index (χ2n) is 1.79. The molecular weight excluding hydrogens is 160 g/mol. The van der Waals surface area contributed by atoms with Crippen molar-refractivity contribution in [3.8, 4) is 6.07 Å². The molecule has 0 spiro atoms. The normalized spacial score (nSPS) is 8.27. The molecule has 11 heavy (non-hydrogen) atoms. The van der Waals surface area contributed by atoms with Gasteiger partial charge in [-0.05, 0) is 12.1 Å². The molecule has 1 rings (SSSR count). The second-order valence-corrected chi connectivity index (χ2v) is 2.13. The number of hydrogen-bond donors (Lipinski definition) is 0. The third-order valence-corrected chi connectivity index (χ3v) is 1.43. The minimum Gasteiger partial charge on any atom is -0.192 e. The molecule has 0 aliphatic rings. The number of rotatable bonds is 1. The van der Waals surface area contributed by atoms with Gasteiger partial charge in [0.15, 0.2) is 0 Å². The first-order valence-electron chi connectivity index (χ1n) is 2.87. The molecule has 0 aliphatic carbocycles. The average molecular weight is 164 g/mol. The summed E-state index contributed by atoms with van der Waals surface area (Å²) in [4.78, 5) is 0. The van der Waals surface area contributed by atoms with Crippen LogP contribution in [0.3, 0.4) is 0 Å². The lowest BCUT2D eigenvalue weighted by Gasteiger charge is -1.90. The maximum absolute atomic E-state index is 10.0. The first kappa shape index (κ1) is 7.63. The van der Waals surface area contributed by atoms with E-state index < -0.39 is 0 Å². The molecule has 0 N–H and O–H groups in total. The van der Waals surface area contributed by atoms with Gasteiger partial charge >= 0.3 is 0 Å². The Labute approximate surface area is 67.5 Å². The fourth-order valence-electron chi connectivity index (χ4n) is 0.688. The topological polar surface area (TPSA) is 53.2 Å². The molecule has 1 aromatic rings. The molecule has 0 saturated heterocycles. The zero-order valence-electron chi connectivity index (χ0n) is 5.52. The molecule has 0 saturated carbocycles. The van der Waals surface area contributed by atoms with Crippen LogP contribution in [0.25, 0.3) is 0 Å². The average Bonchev–Trinajstić information content (AvgIpc) is 2.06. The van der Waals surface area contributed by atoms with Crippen LogP contribution in [0.15, 0.2) is 28.6 Å². The summed E-state index contributed by atoms with van der Waals surface area (Å²) in [6, 6.07) is 8.64. The maximum Gasteiger partial charge on any atom is 0.205 e. The van der Waals surface area contributed by atoms with Crippen LogP contribution in [0, 0.1) is 11.3 Å². The van der Waals surface area contributed by atoms with Gasteiger partial charge in [0.2, 0.25) is 11.5 Å². The standard InChI is InChI=1S/C7H4N2OS/c8-5-6-3-1-2-4-7(6)9-11-10/h1-4H. The molecule has 0 aromatic heterocycles. The smallest absolute Gasteiger partial charge is 0.192 e. The maximum atomic E-state index is 10.0. The van der Waals surface area contributed by atoms with E-state index in [2.05, 4.69) is 4.36 Å². The molecule has 0 amide bonds. The SMILES string of the molecule is N#Cc1ccccc1N=S=O. The summed E-state index contributed by atoms with van der Waals surface area (Å²) in [7, 11) is 0. The summed E-state index contributed by atoms with van der Waals surface area (Å²) in [5.74, 6) is 0.